The fraction of sp³-hybridized carbons (Fsp3) is 0.485. The molecule has 3 aromatic rings. The number of nitrogens with zero attached hydrogens (tertiary/aromatic N) is 3. The maximum Gasteiger partial charge on any atom is 0.338 e. The molecule has 234 valence electrons. The summed E-state index contributed by atoms with van der Waals surface area (Å²) in [7, 11) is -4.14. The van der Waals surface area contributed by atoms with Crippen LogP contribution < -0.4 is 9.47 Å². The Morgan fingerprint density at radius 2 is 1.63 bits per heavy atom. The van der Waals surface area contributed by atoms with Gasteiger partial charge in [0.15, 0.2) is 11.0 Å². The average molecular weight is 613 g/mol. The normalized spacial score (nSPS) is 11.8. The van der Waals surface area contributed by atoms with Crippen LogP contribution in [0.5, 0.6) is 0 Å². The van der Waals surface area contributed by atoms with Gasteiger partial charge >= 0.3 is 5.97 Å². The fourth-order valence-electron chi connectivity index (χ4n) is 5.23. The number of ether oxygens (including phenoxy) is 1. The van der Waals surface area contributed by atoms with Crippen molar-refractivity contribution < 1.29 is 31.9 Å². The van der Waals surface area contributed by atoms with E-state index in [4.69, 9.17) is 4.74 Å². The van der Waals surface area contributed by atoms with Gasteiger partial charge in [0.2, 0.25) is 5.91 Å². The number of fused-ring (bicyclic) bond motifs is 1. The van der Waals surface area contributed by atoms with E-state index in [1.54, 1.807) is 18.3 Å². The van der Waals surface area contributed by atoms with E-state index in [0.717, 1.165) is 36.1 Å². The maximum absolute atomic E-state index is 13.0. The van der Waals surface area contributed by atoms with Gasteiger partial charge in [-0.05, 0) is 37.6 Å². The Morgan fingerprint density at radius 3 is 2.26 bits per heavy atom. The molecule has 3 rings (SSSR count). The molecule has 2 aromatic carbocycles. The predicted octanol–water partition coefficient (Wildman–Crippen LogP) is 6.55. The highest BCUT2D eigenvalue weighted by atomic mass is 32.2. The number of amides is 1. The molecule has 1 heterocycles. The molecule has 0 aliphatic rings. The monoisotopic (exact) mass is 612 g/mol. The number of rotatable bonds is 18. The lowest BCUT2D eigenvalue weighted by atomic mass is 10.1. The Labute approximate surface area is 255 Å². The largest absolute Gasteiger partial charge is 0.462 e. The van der Waals surface area contributed by atoms with Crippen molar-refractivity contribution in [2.45, 2.75) is 91.6 Å². The third-order valence-electron chi connectivity index (χ3n) is 7.42. The smallest absolute Gasteiger partial charge is 0.338 e. The number of para-hydroxylation sites is 1. The van der Waals surface area contributed by atoms with Crippen LogP contribution in [-0.2, 0) is 32.7 Å². The number of anilines is 1. The van der Waals surface area contributed by atoms with Crippen LogP contribution in [0.15, 0.2) is 54.7 Å². The Bertz CT molecular complexity index is 1480. The van der Waals surface area contributed by atoms with Gasteiger partial charge in [0.05, 0.1) is 31.0 Å². The first-order chi connectivity index (χ1) is 20.7. The number of unbranched alkanes of at least 4 members (excludes halogenated alkanes) is 7. The van der Waals surface area contributed by atoms with E-state index in [0.29, 0.717) is 24.4 Å². The molecule has 0 atom stereocenters. The Kier molecular flexibility index (Phi) is 13.4. The summed E-state index contributed by atoms with van der Waals surface area (Å²) < 4.78 is 41.8. The van der Waals surface area contributed by atoms with Crippen LogP contribution >= 0.6 is 0 Å². The van der Waals surface area contributed by atoms with Gasteiger partial charge in [-0.25, -0.2) is 13.9 Å². The van der Waals surface area contributed by atoms with Gasteiger partial charge in [-0.3, -0.25) is 14.2 Å². The molecular weight excluding hydrogens is 566 g/mol. The second-order valence-corrected chi connectivity index (χ2v) is 12.3. The van der Waals surface area contributed by atoms with Crippen LogP contribution in [0.25, 0.3) is 17.1 Å². The lowest BCUT2D eigenvalue weighted by molar-refractivity contribution is -0.670. The van der Waals surface area contributed by atoms with Crippen molar-refractivity contribution in [2.75, 3.05) is 17.3 Å². The zero-order valence-corrected chi connectivity index (χ0v) is 26.5. The van der Waals surface area contributed by atoms with Gasteiger partial charge in [-0.15, -0.1) is 0 Å². The lowest BCUT2D eigenvalue weighted by Crippen LogP contribution is -2.35. The summed E-state index contributed by atoms with van der Waals surface area (Å²) in [6.45, 7) is 6.91. The highest BCUT2D eigenvalue weighted by Crippen LogP contribution is 2.21. The summed E-state index contributed by atoms with van der Waals surface area (Å²) >= 11 is 0. The Balaban J connectivity index is 1.85. The minimum Gasteiger partial charge on any atom is -0.462 e. The number of aromatic nitrogens is 2. The SMILES string of the molecule is CCCCCCCCCCOC(=O)c1ccc2c(c1)n(CCCS(=O)(=O)O)c(/C=C/N(C(C)=O)c1ccccc1)[n+]2CC. The zero-order valence-electron chi connectivity index (χ0n) is 25.7. The minimum atomic E-state index is -4.14. The van der Waals surface area contributed by atoms with E-state index in [-0.39, 0.29) is 18.9 Å². The van der Waals surface area contributed by atoms with Crippen molar-refractivity contribution in [3.05, 3.63) is 66.1 Å². The summed E-state index contributed by atoms with van der Waals surface area (Å²) in [6, 6.07) is 14.6. The predicted molar refractivity (Wildman–Crippen MR) is 170 cm³/mol. The number of imidazole rings is 1. The number of hydrogen-bond acceptors (Lipinski definition) is 5. The van der Waals surface area contributed by atoms with Crippen LogP contribution in [0.3, 0.4) is 0 Å². The van der Waals surface area contributed by atoms with Crippen LogP contribution in [-0.4, -0.2) is 41.8 Å². The maximum atomic E-state index is 13.0. The van der Waals surface area contributed by atoms with Crippen molar-refractivity contribution in [1.82, 2.24) is 4.57 Å². The molecule has 0 bridgehead atoms. The highest BCUT2D eigenvalue weighted by molar-refractivity contribution is 7.85. The van der Waals surface area contributed by atoms with Gasteiger partial charge in [0.1, 0.15) is 0 Å². The molecule has 9 nitrogen and oxygen atoms in total. The van der Waals surface area contributed by atoms with Gasteiger partial charge in [-0.1, -0.05) is 70.1 Å². The Morgan fingerprint density at radius 1 is 0.953 bits per heavy atom. The number of aryl methyl sites for hydroxylation is 2. The molecule has 10 heteroatoms. The summed E-state index contributed by atoms with van der Waals surface area (Å²) in [4.78, 5) is 27.0. The molecule has 0 spiro atoms. The molecule has 0 radical (unpaired) electrons. The Hall–Kier alpha value is -3.50. The lowest BCUT2D eigenvalue weighted by Gasteiger charge is -2.15. The number of carbonyl (C=O) groups is 2. The third kappa shape index (κ3) is 10.3. The first-order valence-electron chi connectivity index (χ1n) is 15.4. The molecule has 43 heavy (non-hydrogen) atoms. The molecule has 1 aromatic heterocycles. The van der Waals surface area contributed by atoms with Crippen LogP contribution in [0.2, 0.25) is 0 Å². The van der Waals surface area contributed by atoms with Crippen molar-refractivity contribution in [2.24, 2.45) is 0 Å². The van der Waals surface area contributed by atoms with Crippen LogP contribution in [0.1, 0.15) is 94.7 Å². The summed E-state index contributed by atoms with van der Waals surface area (Å²) in [6.07, 6.45) is 12.9. The molecular formula is C33H46N3O6S+. The molecule has 1 N–H and O–H groups in total. The molecule has 0 aliphatic carbocycles. The quantitative estimate of drug-likeness (QED) is 0.0755. The topological polar surface area (TPSA) is 110 Å². The molecule has 0 saturated carbocycles. The van der Waals surface area contributed by atoms with E-state index in [9.17, 15) is 22.6 Å². The first kappa shape index (κ1) is 34.0. The molecule has 0 fully saturated rings. The van der Waals surface area contributed by atoms with E-state index in [1.807, 2.05) is 58.5 Å². The number of hydrogen-bond donors (Lipinski definition) is 1. The van der Waals surface area contributed by atoms with Gasteiger partial charge in [0.25, 0.3) is 15.9 Å². The molecule has 1 amide bonds. The molecule has 0 saturated heterocycles. The van der Waals surface area contributed by atoms with Crippen molar-refractivity contribution in [1.29, 1.82) is 0 Å². The number of benzene rings is 2. The number of esters is 1. The van der Waals surface area contributed by atoms with E-state index in [2.05, 4.69) is 6.92 Å². The first-order valence-corrected chi connectivity index (χ1v) is 17.0. The summed E-state index contributed by atoms with van der Waals surface area (Å²) in [5, 5.41) is 0. The van der Waals surface area contributed by atoms with E-state index in [1.165, 1.54) is 43.9 Å². The molecule has 0 unspecified atom stereocenters. The number of carbonyl (C=O) groups excluding carboxylic acids is 2. The second kappa shape index (κ2) is 17.0. The van der Waals surface area contributed by atoms with Crippen molar-refractivity contribution in [3.8, 4) is 0 Å². The van der Waals surface area contributed by atoms with E-state index >= 15 is 0 Å². The average Bonchev–Trinajstić information content (AvgIpc) is 3.27. The van der Waals surface area contributed by atoms with Crippen LogP contribution in [0.4, 0.5) is 5.69 Å². The highest BCUT2D eigenvalue weighted by Gasteiger charge is 2.25. The van der Waals surface area contributed by atoms with E-state index < -0.39 is 21.8 Å². The third-order valence-corrected chi connectivity index (χ3v) is 8.23. The van der Waals surface area contributed by atoms with Crippen LogP contribution in [0, 0.1) is 0 Å². The second-order valence-electron chi connectivity index (χ2n) is 10.7. The van der Waals surface area contributed by atoms with Gasteiger partial charge < -0.3 is 4.74 Å². The van der Waals surface area contributed by atoms with Crippen molar-refractivity contribution in [3.63, 3.8) is 0 Å². The summed E-state index contributed by atoms with van der Waals surface area (Å²) in [5.41, 5.74) is 2.70. The summed E-state index contributed by atoms with van der Waals surface area (Å²) in [5.74, 6) is -0.241. The minimum absolute atomic E-state index is 0.162. The van der Waals surface area contributed by atoms with Gasteiger partial charge in [0, 0.05) is 37.4 Å². The zero-order chi connectivity index (χ0) is 31.2. The standard InChI is InChI=1S/C33H45N3O6S/c1-4-6-7-8-9-10-11-15-24-42-33(38)28-19-20-30-31(26-28)36(22-16-25-43(39,40)41)32(34(30)5-2)21-23-35(27(3)37)29-17-13-12-14-18-29/h12-14,17-21,23,26H,4-11,15-16,22,24-25H2,1-3H3/p+1. The fourth-order valence-corrected chi connectivity index (χ4v) is 5.72. The van der Waals surface area contributed by atoms with Crippen molar-refractivity contribution >= 4 is 44.8 Å². The van der Waals surface area contributed by atoms with Gasteiger partial charge in [-0.2, -0.15) is 8.42 Å². The molecule has 0 aliphatic heterocycles.